The summed E-state index contributed by atoms with van der Waals surface area (Å²) in [6.45, 7) is 1.51. The first kappa shape index (κ1) is 15.2. The molecule has 1 aromatic rings. The highest BCUT2D eigenvalue weighted by Gasteiger charge is 2.41. The van der Waals surface area contributed by atoms with E-state index in [-0.39, 0.29) is 12.0 Å². The molecule has 0 atom stereocenters. The highest BCUT2D eigenvalue weighted by atomic mass is 32.2. The molecule has 0 heterocycles. The van der Waals surface area contributed by atoms with Gasteiger partial charge in [-0.1, -0.05) is 6.92 Å². The largest absolute Gasteiger partial charge is 0.417 e. The lowest BCUT2D eigenvalue weighted by Crippen LogP contribution is -2.14. The minimum atomic E-state index is -4.79. The zero-order valence-corrected chi connectivity index (χ0v) is 10.4. The van der Waals surface area contributed by atoms with Gasteiger partial charge in [0.1, 0.15) is 0 Å². The van der Waals surface area contributed by atoms with E-state index in [1.54, 1.807) is 0 Å². The van der Waals surface area contributed by atoms with Crippen molar-refractivity contribution in [2.24, 2.45) is 0 Å². The number of aryl methyl sites for hydroxylation is 1. The Balaban J connectivity index is 3.61. The number of alkyl halides is 6. The van der Waals surface area contributed by atoms with Crippen LogP contribution in [-0.4, -0.2) is 6.26 Å². The minimum absolute atomic E-state index is 0.0208. The summed E-state index contributed by atoms with van der Waals surface area (Å²) < 4.78 is 76.4. The Morgan fingerprint density at radius 3 is 1.56 bits per heavy atom. The van der Waals surface area contributed by atoms with Crippen molar-refractivity contribution in [1.29, 1.82) is 0 Å². The summed E-state index contributed by atoms with van der Waals surface area (Å²) in [5.41, 5.74) is -2.42. The highest BCUT2D eigenvalue weighted by molar-refractivity contribution is 7.98. The van der Waals surface area contributed by atoms with E-state index in [9.17, 15) is 26.3 Å². The summed E-state index contributed by atoms with van der Waals surface area (Å²) in [7, 11) is 0. The predicted octanol–water partition coefficient (Wildman–Crippen LogP) is 5.01. The van der Waals surface area contributed by atoms with Gasteiger partial charge in [0.15, 0.2) is 0 Å². The van der Waals surface area contributed by atoms with Crippen LogP contribution in [0.25, 0.3) is 0 Å². The Bertz CT molecular complexity index is 397. The molecule has 1 aromatic carbocycles. The van der Waals surface area contributed by atoms with Gasteiger partial charge in [-0.05, 0) is 30.4 Å². The maximum absolute atomic E-state index is 12.7. The Kier molecular flexibility index (Phi) is 4.25. The summed E-state index contributed by atoms with van der Waals surface area (Å²) in [6, 6.07) is 1.56. The second-order valence-corrected chi connectivity index (χ2v) is 4.39. The van der Waals surface area contributed by atoms with Gasteiger partial charge in [-0.2, -0.15) is 26.3 Å². The Morgan fingerprint density at radius 2 is 1.33 bits per heavy atom. The molecule has 18 heavy (non-hydrogen) atoms. The van der Waals surface area contributed by atoms with Crippen molar-refractivity contribution in [3.8, 4) is 0 Å². The molecular weight excluding hydrogens is 278 g/mol. The molecule has 0 saturated carbocycles. The first-order valence-corrected chi connectivity index (χ1v) is 6.19. The molecule has 0 aliphatic rings. The lowest BCUT2D eigenvalue weighted by atomic mass is 10.0. The number of benzene rings is 1. The third kappa shape index (κ3) is 3.13. The van der Waals surface area contributed by atoms with E-state index in [2.05, 4.69) is 0 Å². The third-order valence-corrected chi connectivity index (χ3v) is 3.22. The molecule has 0 saturated heterocycles. The van der Waals surface area contributed by atoms with E-state index < -0.39 is 28.4 Å². The fourth-order valence-corrected chi connectivity index (χ4v) is 2.32. The second kappa shape index (κ2) is 5.03. The molecule has 0 nitrogen and oxygen atoms in total. The molecule has 0 spiro atoms. The quantitative estimate of drug-likeness (QED) is 0.544. The summed E-state index contributed by atoms with van der Waals surface area (Å²) >= 11 is 0.455. The van der Waals surface area contributed by atoms with Crippen LogP contribution in [0.3, 0.4) is 0 Å². The number of hydrogen-bond acceptors (Lipinski definition) is 1. The molecule has 1 rings (SSSR count). The van der Waals surface area contributed by atoms with Crippen LogP contribution in [0.5, 0.6) is 0 Å². The van der Waals surface area contributed by atoms with E-state index in [1.165, 1.54) is 13.2 Å². The maximum Gasteiger partial charge on any atom is 0.417 e. The highest BCUT2D eigenvalue weighted by Crippen LogP contribution is 2.44. The Hall–Kier alpha value is -0.850. The van der Waals surface area contributed by atoms with Crippen molar-refractivity contribution in [2.45, 2.75) is 30.6 Å². The zero-order chi connectivity index (χ0) is 14.1. The van der Waals surface area contributed by atoms with Gasteiger partial charge >= 0.3 is 12.4 Å². The molecule has 0 aromatic heterocycles. The molecule has 0 radical (unpaired) electrons. The van der Waals surface area contributed by atoms with Gasteiger partial charge < -0.3 is 0 Å². The van der Waals surface area contributed by atoms with Crippen LogP contribution in [0, 0.1) is 0 Å². The first-order chi connectivity index (χ1) is 8.11. The number of halogens is 6. The smallest absolute Gasteiger partial charge is 0.166 e. The van der Waals surface area contributed by atoms with E-state index in [4.69, 9.17) is 0 Å². The van der Waals surface area contributed by atoms with Crippen LogP contribution in [0.15, 0.2) is 17.0 Å². The van der Waals surface area contributed by atoms with Gasteiger partial charge in [0.2, 0.25) is 0 Å². The van der Waals surface area contributed by atoms with E-state index in [0.717, 1.165) is 12.1 Å². The molecule has 0 unspecified atom stereocenters. The molecule has 0 N–H and O–H groups in total. The van der Waals surface area contributed by atoms with Gasteiger partial charge in [-0.15, -0.1) is 11.8 Å². The standard InChI is InChI=1S/C11H10F6S/c1-3-6-4-7(10(12,13)14)9(18-2)8(5-6)11(15,16)17/h4-5H,3H2,1-2H3. The molecule has 0 aliphatic carbocycles. The van der Waals surface area contributed by atoms with Crippen LogP contribution in [0.1, 0.15) is 23.6 Å². The van der Waals surface area contributed by atoms with E-state index >= 15 is 0 Å². The van der Waals surface area contributed by atoms with Gasteiger partial charge in [0.25, 0.3) is 0 Å². The van der Waals surface area contributed by atoms with Crippen LogP contribution in [0.4, 0.5) is 26.3 Å². The fourth-order valence-electron chi connectivity index (χ4n) is 1.53. The Labute approximate surface area is 104 Å². The van der Waals surface area contributed by atoms with Crippen LogP contribution < -0.4 is 0 Å². The number of rotatable bonds is 2. The summed E-state index contributed by atoms with van der Waals surface area (Å²) in [5, 5.41) is 0. The van der Waals surface area contributed by atoms with Crippen molar-refractivity contribution in [3.05, 3.63) is 28.8 Å². The normalized spacial score (nSPS) is 12.9. The molecule has 102 valence electrons. The third-order valence-electron chi connectivity index (χ3n) is 2.37. The Morgan fingerprint density at radius 1 is 0.944 bits per heavy atom. The van der Waals surface area contributed by atoms with Crippen LogP contribution >= 0.6 is 11.8 Å². The molecule has 0 bridgehead atoms. The topological polar surface area (TPSA) is 0 Å². The van der Waals surface area contributed by atoms with Crippen molar-refractivity contribution in [3.63, 3.8) is 0 Å². The van der Waals surface area contributed by atoms with E-state index in [0.29, 0.717) is 11.8 Å². The number of hydrogen-bond donors (Lipinski definition) is 0. The molecule has 0 aliphatic heterocycles. The van der Waals surface area contributed by atoms with Crippen LogP contribution in [0.2, 0.25) is 0 Å². The van der Waals surface area contributed by atoms with Gasteiger partial charge in [-0.3, -0.25) is 0 Å². The lowest BCUT2D eigenvalue weighted by molar-refractivity contribution is -0.147. The fraction of sp³-hybridized carbons (Fsp3) is 0.455. The van der Waals surface area contributed by atoms with Crippen LogP contribution in [-0.2, 0) is 18.8 Å². The minimum Gasteiger partial charge on any atom is -0.166 e. The molecular formula is C11H10F6S. The average molecular weight is 288 g/mol. The zero-order valence-electron chi connectivity index (χ0n) is 9.54. The average Bonchev–Trinajstić information content (AvgIpc) is 2.24. The summed E-state index contributed by atoms with van der Waals surface area (Å²) in [6.07, 6.45) is -8.26. The maximum atomic E-state index is 12.7. The van der Waals surface area contributed by atoms with Gasteiger partial charge in [-0.25, -0.2) is 0 Å². The summed E-state index contributed by atoms with van der Waals surface area (Å²) in [4.78, 5) is -0.771. The molecule has 0 fully saturated rings. The number of thioether (sulfide) groups is 1. The van der Waals surface area contributed by atoms with Crippen molar-refractivity contribution in [2.75, 3.05) is 6.26 Å². The predicted molar refractivity (Wildman–Crippen MR) is 57.6 cm³/mol. The molecule has 0 amide bonds. The van der Waals surface area contributed by atoms with Gasteiger partial charge in [0.05, 0.1) is 11.1 Å². The molecule has 7 heteroatoms. The SMILES string of the molecule is CCc1cc(C(F)(F)F)c(SC)c(C(F)(F)F)c1. The summed E-state index contributed by atoms with van der Waals surface area (Å²) in [5.74, 6) is 0. The van der Waals surface area contributed by atoms with Crippen molar-refractivity contribution < 1.29 is 26.3 Å². The van der Waals surface area contributed by atoms with Gasteiger partial charge in [0, 0.05) is 4.90 Å². The van der Waals surface area contributed by atoms with E-state index in [1.807, 2.05) is 0 Å². The van der Waals surface area contributed by atoms with Crippen molar-refractivity contribution >= 4 is 11.8 Å². The van der Waals surface area contributed by atoms with Crippen molar-refractivity contribution in [1.82, 2.24) is 0 Å². The lowest BCUT2D eigenvalue weighted by Gasteiger charge is -2.18. The second-order valence-electron chi connectivity index (χ2n) is 3.57. The first-order valence-electron chi connectivity index (χ1n) is 4.96. The monoisotopic (exact) mass is 288 g/mol.